The van der Waals surface area contributed by atoms with Gasteiger partial charge in [-0.15, -0.1) is 0 Å². The molecule has 1 rings (SSSR count). The van der Waals surface area contributed by atoms with Gasteiger partial charge in [0.1, 0.15) is 18.3 Å². The standard InChI is InChI=1S/C14H18O3/c1-4-6-12-10(2)7-5-8-13(12)17-14(16)9-11(3)15/h4,6,13H,1-2,5,7-9H2,3H3/b12-6+. The summed E-state index contributed by atoms with van der Waals surface area (Å²) < 4.78 is 5.30. The van der Waals surface area contributed by atoms with Gasteiger partial charge in [-0.2, -0.15) is 0 Å². The van der Waals surface area contributed by atoms with Gasteiger partial charge in [0.05, 0.1) is 0 Å². The van der Waals surface area contributed by atoms with E-state index in [1.807, 2.05) is 6.08 Å². The zero-order valence-corrected chi connectivity index (χ0v) is 10.2. The van der Waals surface area contributed by atoms with Crippen LogP contribution in [0.2, 0.25) is 0 Å². The zero-order chi connectivity index (χ0) is 12.8. The molecule has 1 saturated carbocycles. The summed E-state index contributed by atoms with van der Waals surface area (Å²) in [6, 6.07) is 0. The van der Waals surface area contributed by atoms with Crippen molar-refractivity contribution in [2.45, 2.75) is 38.7 Å². The molecule has 1 fully saturated rings. The SMILES string of the molecule is C=C/C=C1\C(=C)CCCC1OC(=O)CC(C)=O. The van der Waals surface area contributed by atoms with E-state index >= 15 is 0 Å². The van der Waals surface area contributed by atoms with Gasteiger partial charge in [0.15, 0.2) is 0 Å². The number of rotatable bonds is 4. The third-order valence-corrected chi connectivity index (χ3v) is 2.66. The van der Waals surface area contributed by atoms with Gasteiger partial charge in [-0.05, 0) is 37.3 Å². The molecule has 1 unspecified atom stereocenters. The maximum absolute atomic E-state index is 11.5. The third kappa shape index (κ3) is 4.02. The third-order valence-electron chi connectivity index (χ3n) is 2.66. The Kier molecular flexibility index (Phi) is 4.88. The van der Waals surface area contributed by atoms with Crippen LogP contribution in [-0.2, 0) is 14.3 Å². The van der Waals surface area contributed by atoms with Crippen LogP contribution >= 0.6 is 0 Å². The van der Waals surface area contributed by atoms with Crippen LogP contribution in [0, 0.1) is 0 Å². The predicted octanol–water partition coefficient (Wildman–Crippen LogP) is 2.73. The van der Waals surface area contributed by atoms with Gasteiger partial charge >= 0.3 is 5.97 Å². The first kappa shape index (κ1) is 13.4. The number of hydrogen-bond acceptors (Lipinski definition) is 3. The van der Waals surface area contributed by atoms with E-state index in [2.05, 4.69) is 13.2 Å². The van der Waals surface area contributed by atoms with E-state index in [1.54, 1.807) is 6.08 Å². The number of hydrogen-bond donors (Lipinski definition) is 0. The van der Waals surface area contributed by atoms with Crippen molar-refractivity contribution in [1.29, 1.82) is 0 Å². The van der Waals surface area contributed by atoms with Crippen LogP contribution in [-0.4, -0.2) is 17.9 Å². The fraction of sp³-hybridized carbons (Fsp3) is 0.429. The highest BCUT2D eigenvalue weighted by Gasteiger charge is 2.24. The van der Waals surface area contributed by atoms with E-state index in [9.17, 15) is 9.59 Å². The Morgan fingerprint density at radius 1 is 1.53 bits per heavy atom. The van der Waals surface area contributed by atoms with Crippen molar-refractivity contribution in [2.75, 3.05) is 0 Å². The molecule has 0 radical (unpaired) electrons. The van der Waals surface area contributed by atoms with Crippen LogP contribution < -0.4 is 0 Å². The summed E-state index contributed by atoms with van der Waals surface area (Å²) in [6.45, 7) is 8.97. The lowest BCUT2D eigenvalue weighted by molar-refractivity contribution is -0.149. The molecular formula is C14H18O3. The van der Waals surface area contributed by atoms with Crippen molar-refractivity contribution in [3.63, 3.8) is 0 Å². The number of allylic oxidation sites excluding steroid dienone is 2. The largest absolute Gasteiger partial charge is 0.457 e. The Morgan fingerprint density at radius 2 is 2.24 bits per heavy atom. The lowest BCUT2D eigenvalue weighted by atomic mass is 9.88. The Balaban J connectivity index is 2.70. The van der Waals surface area contributed by atoms with Crippen LogP contribution in [0.25, 0.3) is 0 Å². The first-order chi connectivity index (χ1) is 8.04. The molecule has 0 aliphatic heterocycles. The molecule has 0 amide bonds. The molecule has 0 saturated heterocycles. The molecule has 1 aliphatic carbocycles. The maximum atomic E-state index is 11.5. The second-order valence-electron chi connectivity index (χ2n) is 4.21. The summed E-state index contributed by atoms with van der Waals surface area (Å²) >= 11 is 0. The number of carbonyl (C=O) groups excluding carboxylic acids is 2. The Bertz CT molecular complexity index is 377. The van der Waals surface area contributed by atoms with Crippen LogP contribution in [0.4, 0.5) is 0 Å². The summed E-state index contributed by atoms with van der Waals surface area (Å²) in [7, 11) is 0. The van der Waals surface area contributed by atoms with Crippen LogP contribution in [0.1, 0.15) is 32.6 Å². The molecule has 0 spiro atoms. The molecule has 0 heterocycles. The fourth-order valence-corrected chi connectivity index (χ4v) is 1.91. The molecule has 3 heteroatoms. The van der Waals surface area contributed by atoms with Crippen molar-refractivity contribution in [1.82, 2.24) is 0 Å². The van der Waals surface area contributed by atoms with Gasteiger partial charge in [0, 0.05) is 0 Å². The normalized spacial score (nSPS) is 22.3. The summed E-state index contributed by atoms with van der Waals surface area (Å²) in [4.78, 5) is 22.3. The maximum Gasteiger partial charge on any atom is 0.313 e. The summed E-state index contributed by atoms with van der Waals surface area (Å²) in [6.07, 6.45) is 5.70. The van der Waals surface area contributed by atoms with E-state index in [1.165, 1.54) is 6.92 Å². The Hall–Kier alpha value is -1.64. The zero-order valence-electron chi connectivity index (χ0n) is 10.2. The minimum absolute atomic E-state index is 0.162. The van der Waals surface area contributed by atoms with E-state index in [4.69, 9.17) is 4.74 Å². The minimum atomic E-state index is -0.466. The average molecular weight is 234 g/mol. The van der Waals surface area contributed by atoms with Crippen molar-refractivity contribution < 1.29 is 14.3 Å². The summed E-state index contributed by atoms with van der Waals surface area (Å²) in [5.41, 5.74) is 1.90. The highest BCUT2D eigenvalue weighted by Crippen LogP contribution is 2.30. The number of ether oxygens (including phenoxy) is 1. The Labute approximate surface area is 102 Å². The second-order valence-corrected chi connectivity index (χ2v) is 4.21. The quantitative estimate of drug-likeness (QED) is 0.555. The number of carbonyl (C=O) groups is 2. The van der Waals surface area contributed by atoms with Crippen LogP contribution in [0.15, 0.2) is 36.5 Å². The van der Waals surface area contributed by atoms with E-state index < -0.39 is 5.97 Å². The van der Waals surface area contributed by atoms with Gasteiger partial charge in [-0.1, -0.05) is 25.3 Å². The molecule has 0 aromatic carbocycles. The molecule has 3 nitrogen and oxygen atoms in total. The minimum Gasteiger partial charge on any atom is -0.457 e. The van der Waals surface area contributed by atoms with Gasteiger partial charge in [0.25, 0.3) is 0 Å². The number of ketones is 1. The topological polar surface area (TPSA) is 43.4 Å². The average Bonchev–Trinajstić information content (AvgIpc) is 2.22. The molecule has 0 aromatic rings. The highest BCUT2D eigenvalue weighted by atomic mass is 16.5. The molecular weight excluding hydrogens is 216 g/mol. The van der Waals surface area contributed by atoms with Gasteiger partial charge in [-0.3, -0.25) is 9.59 Å². The number of esters is 1. The number of Topliss-reactive ketones (excluding diaryl/α,β-unsaturated/α-hetero) is 1. The first-order valence-corrected chi connectivity index (χ1v) is 5.74. The molecule has 1 atom stereocenters. The lowest BCUT2D eigenvalue weighted by Crippen LogP contribution is -2.25. The van der Waals surface area contributed by atoms with Gasteiger partial charge in [0.2, 0.25) is 0 Å². The molecule has 0 aromatic heterocycles. The molecule has 17 heavy (non-hydrogen) atoms. The first-order valence-electron chi connectivity index (χ1n) is 5.74. The van der Waals surface area contributed by atoms with Crippen molar-refractivity contribution in [3.8, 4) is 0 Å². The van der Waals surface area contributed by atoms with Gasteiger partial charge in [-0.25, -0.2) is 0 Å². The van der Waals surface area contributed by atoms with Crippen molar-refractivity contribution in [2.24, 2.45) is 0 Å². The van der Waals surface area contributed by atoms with E-state index in [0.717, 1.165) is 30.4 Å². The van der Waals surface area contributed by atoms with E-state index in [0.29, 0.717) is 0 Å². The Morgan fingerprint density at radius 3 is 2.82 bits per heavy atom. The predicted molar refractivity (Wildman–Crippen MR) is 66.4 cm³/mol. The molecule has 0 N–H and O–H groups in total. The summed E-state index contributed by atoms with van der Waals surface area (Å²) in [5, 5.41) is 0. The summed E-state index contributed by atoms with van der Waals surface area (Å²) in [5.74, 6) is -0.647. The fourth-order valence-electron chi connectivity index (χ4n) is 1.91. The van der Waals surface area contributed by atoms with Gasteiger partial charge < -0.3 is 4.74 Å². The van der Waals surface area contributed by atoms with Crippen molar-refractivity contribution >= 4 is 11.8 Å². The second kappa shape index (κ2) is 6.18. The smallest absolute Gasteiger partial charge is 0.313 e. The molecule has 92 valence electrons. The van der Waals surface area contributed by atoms with Crippen molar-refractivity contribution in [3.05, 3.63) is 36.5 Å². The van der Waals surface area contributed by atoms with Crippen LogP contribution in [0.3, 0.4) is 0 Å². The molecule has 0 bridgehead atoms. The lowest BCUT2D eigenvalue weighted by Gasteiger charge is -2.26. The molecule has 1 aliphatic rings. The van der Waals surface area contributed by atoms with E-state index in [-0.39, 0.29) is 18.3 Å². The highest BCUT2D eigenvalue weighted by molar-refractivity contribution is 5.94. The van der Waals surface area contributed by atoms with Crippen LogP contribution in [0.5, 0.6) is 0 Å². The monoisotopic (exact) mass is 234 g/mol.